The maximum Gasteiger partial charge on any atom is 0.223 e. The second-order valence-electron chi connectivity index (χ2n) is 5.55. The molecule has 0 spiro atoms. The predicted octanol–water partition coefficient (Wildman–Crippen LogP) is 1.33. The molecule has 2 heterocycles. The van der Waals surface area contributed by atoms with Gasteiger partial charge in [0.2, 0.25) is 5.91 Å². The minimum Gasteiger partial charge on any atom is -0.341 e. The second kappa shape index (κ2) is 7.64. The molecule has 114 valence electrons. The Kier molecular flexibility index (Phi) is 6.49. The first kappa shape index (κ1) is 17.0. The van der Waals surface area contributed by atoms with E-state index in [9.17, 15) is 4.79 Å². The fourth-order valence-electron chi connectivity index (χ4n) is 2.62. The van der Waals surface area contributed by atoms with E-state index < -0.39 is 0 Å². The molecule has 1 fully saturated rings. The van der Waals surface area contributed by atoms with Crippen molar-refractivity contribution in [3.05, 3.63) is 18.2 Å². The zero-order valence-corrected chi connectivity index (χ0v) is 13.4. The molecule has 0 aromatic carbocycles. The Morgan fingerprint density at radius 1 is 1.50 bits per heavy atom. The number of piperidine rings is 1. The average Bonchev–Trinajstić information content (AvgIpc) is 2.81. The Morgan fingerprint density at radius 2 is 2.25 bits per heavy atom. The highest BCUT2D eigenvalue weighted by Crippen LogP contribution is 2.15. The molecule has 1 amide bonds. The highest BCUT2D eigenvalue weighted by molar-refractivity contribution is 5.85. The predicted molar refractivity (Wildman–Crippen MR) is 82.1 cm³/mol. The van der Waals surface area contributed by atoms with Gasteiger partial charge in [0.1, 0.15) is 5.82 Å². The van der Waals surface area contributed by atoms with Gasteiger partial charge in [-0.3, -0.25) is 4.79 Å². The van der Waals surface area contributed by atoms with Crippen LogP contribution < -0.4 is 0 Å². The number of nitrogens with zero attached hydrogens (tertiary/aromatic N) is 4. The molecule has 1 saturated heterocycles. The van der Waals surface area contributed by atoms with Crippen LogP contribution in [-0.4, -0.2) is 58.5 Å². The summed E-state index contributed by atoms with van der Waals surface area (Å²) in [4.78, 5) is 20.7. The van der Waals surface area contributed by atoms with Crippen LogP contribution in [-0.2, 0) is 18.3 Å². The van der Waals surface area contributed by atoms with Gasteiger partial charge in [-0.1, -0.05) is 0 Å². The number of aryl methyl sites for hydroxylation is 2. The first-order valence-electron chi connectivity index (χ1n) is 6.98. The lowest BCUT2D eigenvalue weighted by Crippen LogP contribution is -2.47. The minimum atomic E-state index is 0. The molecule has 0 bridgehead atoms. The van der Waals surface area contributed by atoms with E-state index in [1.54, 1.807) is 6.20 Å². The lowest BCUT2D eigenvalue weighted by atomic mass is 10.0. The number of hydrogen-bond acceptors (Lipinski definition) is 3. The summed E-state index contributed by atoms with van der Waals surface area (Å²) in [5, 5.41) is 0. The number of imidazole rings is 1. The van der Waals surface area contributed by atoms with Gasteiger partial charge < -0.3 is 14.4 Å². The molecule has 0 N–H and O–H groups in total. The van der Waals surface area contributed by atoms with Crippen LogP contribution in [0.3, 0.4) is 0 Å². The number of carbonyl (C=O) groups is 1. The van der Waals surface area contributed by atoms with Crippen molar-refractivity contribution in [2.45, 2.75) is 31.7 Å². The van der Waals surface area contributed by atoms with Crippen molar-refractivity contribution in [3.8, 4) is 0 Å². The minimum absolute atomic E-state index is 0. The van der Waals surface area contributed by atoms with Crippen molar-refractivity contribution in [2.24, 2.45) is 7.05 Å². The van der Waals surface area contributed by atoms with E-state index in [2.05, 4.69) is 24.0 Å². The van der Waals surface area contributed by atoms with Crippen molar-refractivity contribution >= 4 is 18.3 Å². The Balaban J connectivity index is 0.00000200. The Morgan fingerprint density at radius 3 is 2.85 bits per heavy atom. The largest absolute Gasteiger partial charge is 0.341 e. The summed E-state index contributed by atoms with van der Waals surface area (Å²) in [5.74, 6) is 1.24. The van der Waals surface area contributed by atoms with E-state index in [1.807, 2.05) is 22.7 Å². The molecule has 2 rings (SSSR count). The Hall–Kier alpha value is -1.07. The molecule has 1 aliphatic rings. The average molecular weight is 301 g/mol. The lowest BCUT2D eigenvalue weighted by molar-refractivity contribution is -0.133. The summed E-state index contributed by atoms with van der Waals surface area (Å²) in [6.07, 6.45) is 7.29. The number of carbonyl (C=O) groups excluding carboxylic acids is 1. The van der Waals surface area contributed by atoms with Gasteiger partial charge in [-0.15, -0.1) is 12.4 Å². The molecular weight excluding hydrogens is 276 g/mol. The number of hydrogen-bond donors (Lipinski definition) is 0. The van der Waals surface area contributed by atoms with Gasteiger partial charge in [0.05, 0.1) is 0 Å². The maximum atomic E-state index is 12.2. The highest BCUT2D eigenvalue weighted by Gasteiger charge is 2.24. The third-order valence-electron chi connectivity index (χ3n) is 3.96. The normalized spacial score (nSPS) is 19.0. The van der Waals surface area contributed by atoms with E-state index in [4.69, 9.17) is 0 Å². The van der Waals surface area contributed by atoms with Crippen LogP contribution in [0.15, 0.2) is 12.4 Å². The van der Waals surface area contributed by atoms with Crippen LogP contribution in [0.5, 0.6) is 0 Å². The molecular formula is C14H25ClN4O. The van der Waals surface area contributed by atoms with Crippen molar-refractivity contribution in [2.75, 3.05) is 27.2 Å². The number of halogens is 1. The summed E-state index contributed by atoms with van der Waals surface area (Å²) in [7, 11) is 6.15. The number of aromatic nitrogens is 2. The van der Waals surface area contributed by atoms with Gasteiger partial charge in [-0.2, -0.15) is 0 Å². The van der Waals surface area contributed by atoms with Crippen LogP contribution in [0, 0.1) is 0 Å². The van der Waals surface area contributed by atoms with E-state index >= 15 is 0 Å². The maximum absolute atomic E-state index is 12.2. The second-order valence-corrected chi connectivity index (χ2v) is 5.55. The molecule has 1 aromatic rings. The molecule has 6 heteroatoms. The zero-order valence-electron chi connectivity index (χ0n) is 12.6. The first-order valence-corrected chi connectivity index (χ1v) is 6.98. The molecule has 1 aliphatic heterocycles. The van der Waals surface area contributed by atoms with Crippen LogP contribution in [0.2, 0.25) is 0 Å². The third-order valence-corrected chi connectivity index (χ3v) is 3.96. The van der Waals surface area contributed by atoms with Gasteiger partial charge in [0, 0.05) is 51.4 Å². The zero-order chi connectivity index (χ0) is 13.8. The van der Waals surface area contributed by atoms with Crippen molar-refractivity contribution in [1.82, 2.24) is 19.4 Å². The molecule has 1 aromatic heterocycles. The third kappa shape index (κ3) is 4.21. The topological polar surface area (TPSA) is 41.4 Å². The van der Waals surface area contributed by atoms with Gasteiger partial charge in [-0.25, -0.2) is 4.98 Å². The summed E-state index contributed by atoms with van der Waals surface area (Å²) < 4.78 is 1.98. The number of rotatable bonds is 4. The molecule has 0 aliphatic carbocycles. The summed E-state index contributed by atoms with van der Waals surface area (Å²) in [5.41, 5.74) is 0. The molecule has 0 saturated carbocycles. The standard InChI is InChI=1S/C14H24N4O.ClH/c1-16(2)12-5-4-9-18(11-12)14(19)7-6-13-15-8-10-17(13)3;/h8,10,12H,4-7,9,11H2,1-3H3;1H/t12-;/m0./s1. The van der Waals surface area contributed by atoms with Crippen molar-refractivity contribution < 1.29 is 4.79 Å². The summed E-state index contributed by atoms with van der Waals surface area (Å²) in [6.45, 7) is 1.77. The van der Waals surface area contributed by atoms with Crippen molar-refractivity contribution in [1.29, 1.82) is 0 Å². The SMILES string of the molecule is CN(C)[C@H]1CCCN(C(=O)CCc2nccn2C)C1.Cl. The summed E-state index contributed by atoms with van der Waals surface area (Å²) in [6, 6.07) is 0.505. The number of amides is 1. The lowest BCUT2D eigenvalue weighted by Gasteiger charge is -2.36. The van der Waals surface area contributed by atoms with E-state index in [0.717, 1.165) is 31.8 Å². The van der Waals surface area contributed by atoms with Gasteiger partial charge in [0.15, 0.2) is 0 Å². The molecule has 20 heavy (non-hydrogen) atoms. The van der Waals surface area contributed by atoms with Gasteiger partial charge >= 0.3 is 0 Å². The number of likely N-dealkylation sites (tertiary alicyclic amines) is 1. The summed E-state index contributed by atoms with van der Waals surface area (Å²) >= 11 is 0. The van der Waals surface area contributed by atoms with Crippen LogP contribution in [0.25, 0.3) is 0 Å². The fourth-order valence-corrected chi connectivity index (χ4v) is 2.62. The molecule has 1 atom stereocenters. The van der Waals surface area contributed by atoms with Crippen LogP contribution in [0.1, 0.15) is 25.1 Å². The number of likely N-dealkylation sites (N-methyl/N-ethyl adjacent to an activating group) is 1. The highest BCUT2D eigenvalue weighted by atomic mass is 35.5. The fraction of sp³-hybridized carbons (Fsp3) is 0.714. The van der Waals surface area contributed by atoms with Gasteiger partial charge in [-0.05, 0) is 26.9 Å². The van der Waals surface area contributed by atoms with Crippen molar-refractivity contribution in [3.63, 3.8) is 0 Å². The monoisotopic (exact) mass is 300 g/mol. The smallest absolute Gasteiger partial charge is 0.223 e. The molecule has 5 nitrogen and oxygen atoms in total. The Bertz CT molecular complexity index is 433. The van der Waals surface area contributed by atoms with E-state index in [-0.39, 0.29) is 18.3 Å². The van der Waals surface area contributed by atoms with Crippen LogP contribution in [0.4, 0.5) is 0 Å². The quantitative estimate of drug-likeness (QED) is 0.842. The molecule has 0 unspecified atom stereocenters. The van der Waals surface area contributed by atoms with E-state index in [0.29, 0.717) is 12.5 Å². The van der Waals surface area contributed by atoms with Crippen LogP contribution >= 0.6 is 12.4 Å². The first-order chi connectivity index (χ1) is 9.08. The van der Waals surface area contributed by atoms with E-state index in [1.165, 1.54) is 6.42 Å². The Labute approximate surface area is 127 Å². The van der Waals surface area contributed by atoms with Gasteiger partial charge in [0.25, 0.3) is 0 Å². The molecule has 0 radical (unpaired) electrons.